The van der Waals surface area contributed by atoms with Gasteiger partial charge in [0.2, 0.25) is 0 Å². The van der Waals surface area contributed by atoms with E-state index in [2.05, 4.69) is 56.8 Å². The van der Waals surface area contributed by atoms with Gasteiger partial charge in [-0.3, -0.25) is 0 Å². The van der Waals surface area contributed by atoms with E-state index in [1.807, 2.05) is 0 Å². The summed E-state index contributed by atoms with van der Waals surface area (Å²) in [5.74, 6) is 0. The molecule has 0 fully saturated rings. The number of benzene rings is 2. The van der Waals surface area contributed by atoms with E-state index in [1.54, 1.807) is 0 Å². The van der Waals surface area contributed by atoms with Gasteiger partial charge in [-0.15, -0.1) is 12.6 Å². The van der Waals surface area contributed by atoms with Crippen molar-refractivity contribution >= 4 is 23.4 Å². The average Bonchev–Trinajstić information content (AvgIpc) is 2.15. The number of aryl methyl sites for hydroxylation is 1. The summed E-state index contributed by atoms with van der Waals surface area (Å²) in [6, 6.07) is 10.6. The van der Waals surface area contributed by atoms with Crippen LogP contribution < -0.4 is 0 Å². The van der Waals surface area contributed by atoms with Gasteiger partial charge >= 0.3 is 0 Å². The third kappa shape index (κ3) is 1.33. The minimum Gasteiger partial charge on any atom is -0.143 e. The van der Waals surface area contributed by atoms with Crippen molar-refractivity contribution in [1.82, 2.24) is 0 Å². The molecule has 66 valence electrons. The lowest BCUT2D eigenvalue weighted by molar-refractivity contribution is 1.27. The van der Waals surface area contributed by atoms with E-state index < -0.39 is 0 Å². The molecule has 0 aromatic heterocycles. The molecule has 0 aliphatic carbocycles. The first kappa shape index (κ1) is 8.64. The second kappa shape index (κ2) is 3.08. The summed E-state index contributed by atoms with van der Waals surface area (Å²) in [6.07, 6.45) is 0. The lowest BCUT2D eigenvalue weighted by Gasteiger charge is -2.07. The van der Waals surface area contributed by atoms with Crippen LogP contribution in [0.2, 0.25) is 0 Å². The highest BCUT2D eigenvalue weighted by molar-refractivity contribution is 7.80. The van der Waals surface area contributed by atoms with E-state index in [1.165, 1.54) is 21.9 Å². The highest BCUT2D eigenvalue weighted by atomic mass is 32.1. The van der Waals surface area contributed by atoms with Crippen molar-refractivity contribution in [3.05, 3.63) is 41.5 Å². The Morgan fingerprint density at radius 3 is 2.54 bits per heavy atom. The molecule has 0 amide bonds. The molecule has 2 rings (SSSR count). The zero-order valence-corrected chi connectivity index (χ0v) is 8.73. The minimum absolute atomic E-state index is 1.11. The summed E-state index contributed by atoms with van der Waals surface area (Å²) in [5, 5.41) is 2.52. The number of thiol groups is 1. The maximum absolute atomic E-state index is 4.53. The van der Waals surface area contributed by atoms with Crippen LogP contribution in [-0.2, 0) is 0 Å². The molecule has 0 saturated heterocycles. The molecule has 0 nitrogen and oxygen atoms in total. The van der Waals surface area contributed by atoms with Crippen LogP contribution in [0.5, 0.6) is 0 Å². The van der Waals surface area contributed by atoms with Crippen molar-refractivity contribution in [2.45, 2.75) is 18.7 Å². The van der Waals surface area contributed by atoms with Gasteiger partial charge in [-0.1, -0.05) is 30.3 Å². The van der Waals surface area contributed by atoms with E-state index in [4.69, 9.17) is 0 Å². The summed E-state index contributed by atoms with van der Waals surface area (Å²) < 4.78 is 0. The Morgan fingerprint density at radius 2 is 1.77 bits per heavy atom. The van der Waals surface area contributed by atoms with Crippen LogP contribution in [0.1, 0.15) is 11.1 Å². The Bertz CT molecular complexity index is 458. The summed E-state index contributed by atoms with van der Waals surface area (Å²) >= 11 is 4.53. The van der Waals surface area contributed by atoms with Crippen molar-refractivity contribution in [3.8, 4) is 0 Å². The lowest BCUT2D eigenvalue weighted by Crippen LogP contribution is -1.85. The minimum atomic E-state index is 1.11. The van der Waals surface area contributed by atoms with E-state index in [-0.39, 0.29) is 0 Å². The van der Waals surface area contributed by atoms with Gasteiger partial charge < -0.3 is 0 Å². The zero-order valence-electron chi connectivity index (χ0n) is 7.83. The predicted molar refractivity (Wildman–Crippen MR) is 60.7 cm³/mol. The highest BCUT2D eigenvalue weighted by Crippen LogP contribution is 2.27. The molecule has 0 N–H and O–H groups in total. The number of fused-ring (bicyclic) bond motifs is 1. The molecule has 2 aromatic carbocycles. The Balaban J connectivity index is 2.94. The molecular formula is C12H12S. The smallest absolute Gasteiger partial charge is 0.0151 e. The SMILES string of the molecule is Cc1cc2ccccc2c(S)c1C. The van der Waals surface area contributed by atoms with Gasteiger partial charge in [-0.25, -0.2) is 0 Å². The molecule has 2 aromatic rings. The van der Waals surface area contributed by atoms with E-state index >= 15 is 0 Å². The third-order valence-corrected chi connectivity index (χ3v) is 3.11. The van der Waals surface area contributed by atoms with Crippen molar-refractivity contribution in [1.29, 1.82) is 0 Å². The fourth-order valence-electron chi connectivity index (χ4n) is 1.57. The van der Waals surface area contributed by atoms with Gasteiger partial charge in [0.1, 0.15) is 0 Å². The fraction of sp³-hybridized carbons (Fsp3) is 0.167. The van der Waals surface area contributed by atoms with Crippen LogP contribution in [-0.4, -0.2) is 0 Å². The molecule has 0 bridgehead atoms. The number of hydrogen-bond donors (Lipinski definition) is 1. The second-order valence-electron chi connectivity index (χ2n) is 3.39. The van der Waals surface area contributed by atoms with Crippen molar-refractivity contribution in [3.63, 3.8) is 0 Å². The lowest BCUT2D eigenvalue weighted by atomic mass is 10.0. The molecule has 1 heteroatoms. The molecule has 13 heavy (non-hydrogen) atoms. The number of hydrogen-bond acceptors (Lipinski definition) is 1. The molecule has 0 unspecified atom stereocenters. The van der Waals surface area contributed by atoms with Gasteiger partial charge in [0.15, 0.2) is 0 Å². The van der Waals surface area contributed by atoms with Crippen molar-refractivity contribution in [2.75, 3.05) is 0 Å². The zero-order chi connectivity index (χ0) is 9.42. The molecular weight excluding hydrogens is 176 g/mol. The Morgan fingerprint density at radius 1 is 1.08 bits per heavy atom. The number of rotatable bonds is 0. The molecule has 0 radical (unpaired) electrons. The van der Waals surface area contributed by atoms with E-state index in [9.17, 15) is 0 Å². The summed E-state index contributed by atoms with van der Waals surface area (Å²) in [5.41, 5.74) is 2.59. The monoisotopic (exact) mass is 188 g/mol. The maximum Gasteiger partial charge on any atom is 0.0151 e. The van der Waals surface area contributed by atoms with E-state index in [0.29, 0.717) is 0 Å². The average molecular weight is 188 g/mol. The summed E-state index contributed by atoms with van der Waals surface area (Å²) in [6.45, 7) is 4.24. The highest BCUT2D eigenvalue weighted by Gasteiger charge is 2.02. The van der Waals surface area contributed by atoms with Crippen molar-refractivity contribution in [2.24, 2.45) is 0 Å². The Kier molecular flexibility index (Phi) is 2.04. The standard InChI is InChI=1S/C12H12S/c1-8-7-10-5-3-4-6-11(10)12(13)9(8)2/h3-7,13H,1-2H3. The van der Waals surface area contributed by atoms with Crippen LogP contribution in [0, 0.1) is 13.8 Å². The predicted octanol–water partition coefficient (Wildman–Crippen LogP) is 3.75. The molecule has 0 atom stereocenters. The van der Waals surface area contributed by atoms with Crippen LogP contribution in [0.4, 0.5) is 0 Å². The largest absolute Gasteiger partial charge is 0.143 e. The van der Waals surface area contributed by atoms with Crippen LogP contribution in [0.25, 0.3) is 10.8 Å². The Labute approximate surface area is 84.0 Å². The molecule has 0 saturated carbocycles. The van der Waals surface area contributed by atoms with Gasteiger partial charge in [0.25, 0.3) is 0 Å². The maximum atomic E-state index is 4.53. The topological polar surface area (TPSA) is 0 Å². The van der Waals surface area contributed by atoms with Crippen LogP contribution in [0.3, 0.4) is 0 Å². The fourth-order valence-corrected chi connectivity index (χ4v) is 1.95. The molecule has 0 aliphatic rings. The second-order valence-corrected chi connectivity index (χ2v) is 3.84. The van der Waals surface area contributed by atoms with Gasteiger partial charge in [0.05, 0.1) is 0 Å². The Hall–Kier alpha value is -0.950. The first-order valence-corrected chi connectivity index (χ1v) is 4.83. The molecule has 0 spiro atoms. The van der Waals surface area contributed by atoms with Gasteiger partial charge in [-0.05, 0) is 35.7 Å². The van der Waals surface area contributed by atoms with Crippen LogP contribution in [0.15, 0.2) is 35.2 Å². The van der Waals surface area contributed by atoms with E-state index in [0.717, 1.165) is 4.90 Å². The third-order valence-electron chi connectivity index (χ3n) is 2.53. The first-order valence-electron chi connectivity index (χ1n) is 4.38. The quantitative estimate of drug-likeness (QED) is 0.598. The molecule has 0 aliphatic heterocycles. The summed E-state index contributed by atoms with van der Waals surface area (Å²) in [7, 11) is 0. The van der Waals surface area contributed by atoms with Gasteiger partial charge in [-0.2, -0.15) is 0 Å². The summed E-state index contributed by atoms with van der Waals surface area (Å²) in [4.78, 5) is 1.11. The normalized spacial score (nSPS) is 10.7. The van der Waals surface area contributed by atoms with Crippen molar-refractivity contribution < 1.29 is 0 Å². The first-order chi connectivity index (χ1) is 6.20. The molecule has 0 heterocycles. The van der Waals surface area contributed by atoms with Gasteiger partial charge in [0, 0.05) is 4.90 Å². The van der Waals surface area contributed by atoms with Crippen LogP contribution >= 0.6 is 12.6 Å².